The molecule has 2 rings (SSSR count). The highest BCUT2D eigenvalue weighted by atomic mass is 15.2. The van der Waals surface area contributed by atoms with Crippen molar-refractivity contribution in [2.75, 3.05) is 18.0 Å². The van der Waals surface area contributed by atoms with E-state index in [1.54, 1.807) is 0 Å². The van der Waals surface area contributed by atoms with Crippen molar-refractivity contribution in [3.63, 3.8) is 0 Å². The van der Waals surface area contributed by atoms with E-state index >= 15 is 0 Å². The average molecular weight is 246 g/mol. The number of hydrogen-bond donors (Lipinski definition) is 1. The van der Waals surface area contributed by atoms with Gasteiger partial charge in [0.1, 0.15) is 0 Å². The first-order valence-electron chi connectivity index (χ1n) is 7.35. The van der Waals surface area contributed by atoms with Crippen molar-refractivity contribution >= 4 is 5.69 Å². The lowest BCUT2D eigenvalue weighted by atomic mass is 10.0. The summed E-state index contributed by atoms with van der Waals surface area (Å²) in [5.74, 6) is 0.876. The Bertz CT molecular complexity index is 375. The van der Waals surface area contributed by atoms with Gasteiger partial charge in [0.05, 0.1) is 0 Å². The van der Waals surface area contributed by atoms with Crippen molar-refractivity contribution in [1.82, 2.24) is 0 Å². The predicted molar refractivity (Wildman–Crippen MR) is 78.9 cm³/mol. The minimum Gasteiger partial charge on any atom is -0.371 e. The molecule has 1 aliphatic heterocycles. The van der Waals surface area contributed by atoms with Gasteiger partial charge >= 0.3 is 0 Å². The highest BCUT2D eigenvalue weighted by molar-refractivity contribution is 5.55. The van der Waals surface area contributed by atoms with Crippen LogP contribution in [0.15, 0.2) is 24.3 Å². The number of nitrogens with zero attached hydrogens (tertiary/aromatic N) is 1. The third-order valence-electron chi connectivity index (χ3n) is 4.10. The van der Waals surface area contributed by atoms with Crippen LogP contribution >= 0.6 is 0 Å². The molecule has 1 unspecified atom stereocenters. The molecule has 2 N–H and O–H groups in total. The molecule has 100 valence electrons. The highest BCUT2D eigenvalue weighted by Crippen LogP contribution is 2.32. The summed E-state index contributed by atoms with van der Waals surface area (Å²) in [6.07, 6.45) is 5.00. The Morgan fingerprint density at radius 3 is 2.83 bits per heavy atom. The quantitative estimate of drug-likeness (QED) is 0.858. The second-order valence-electron chi connectivity index (χ2n) is 5.46. The molecule has 1 aromatic rings. The van der Waals surface area contributed by atoms with E-state index in [1.165, 1.54) is 43.6 Å². The van der Waals surface area contributed by atoms with Crippen LogP contribution < -0.4 is 10.6 Å². The third kappa shape index (κ3) is 2.86. The fourth-order valence-electron chi connectivity index (χ4n) is 3.00. The highest BCUT2D eigenvalue weighted by Gasteiger charge is 2.24. The van der Waals surface area contributed by atoms with Gasteiger partial charge in [0, 0.05) is 24.8 Å². The summed E-state index contributed by atoms with van der Waals surface area (Å²) in [5.41, 5.74) is 8.91. The van der Waals surface area contributed by atoms with Crippen LogP contribution in [-0.2, 0) is 0 Å². The minimum absolute atomic E-state index is 0.173. The Morgan fingerprint density at radius 2 is 2.11 bits per heavy atom. The fourth-order valence-corrected chi connectivity index (χ4v) is 3.00. The van der Waals surface area contributed by atoms with Crippen LogP contribution in [0.2, 0.25) is 0 Å². The maximum absolute atomic E-state index is 6.23. The molecule has 1 aromatic carbocycles. The molecule has 0 radical (unpaired) electrons. The minimum atomic E-state index is 0.173. The van der Waals surface area contributed by atoms with Gasteiger partial charge in [-0.2, -0.15) is 0 Å². The van der Waals surface area contributed by atoms with Gasteiger partial charge in [-0.1, -0.05) is 38.5 Å². The van der Waals surface area contributed by atoms with Crippen LogP contribution in [0.3, 0.4) is 0 Å². The maximum atomic E-state index is 6.23. The Labute approximate surface area is 111 Å². The molecule has 2 heteroatoms. The van der Waals surface area contributed by atoms with Crippen LogP contribution in [0.4, 0.5) is 5.69 Å². The molecule has 0 aromatic heterocycles. The normalized spacial score (nSPS) is 21.3. The SMILES string of the molecule is CCCC1CCN(c2ccccc2[C@@H](N)CC)C1. The van der Waals surface area contributed by atoms with Crippen LogP contribution in [0.1, 0.15) is 51.1 Å². The standard InChI is InChI=1S/C16H26N2/c1-3-7-13-10-11-18(12-13)16-9-6-5-8-14(16)15(17)4-2/h5-6,8-9,13,15H,3-4,7,10-12,17H2,1-2H3/t13?,15-/m0/s1. The summed E-state index contributed by atoms with van der Waals surface area (Å²) in [7, 11) is 0. The Morgan fingerprint density at radius 1 is 1.33 bits per heavy atom. The number of hydrogen-bond acceptors (Lipinski definition) is 2. The van der Waals surface area contributed by atoms with Gasteiger partial charge in [0.2, 0.25) is 0 Å². The molecule has 0 amide bonds. The van der Waals surface area contributed by atoms with E-state index in [1.807, 2.05) is 0 Å². The summed E-state index contributed by atoms with van der Waals surface area (Å²) in [6.45, 7) is 6.84. The molecule has 1 saturated heterocycles. The Kier molecular flexibility index (Phi) is 4.65. The smallest absolute Gasteiger partial charge is 0.0414 e. The topological polar surface area (TPSA) is 29.3 Å². The van der Waals surface area contributed by atoms with Crippen LogP contribution in [-0.4, -0.2) is 13.1 Å². The zero-order valence-corrected chi connectivity index (χ0v) is 11.7. The third-order valence-corrected chi connectivity index (χ3v) is 4.10. The number of para-hydroxylation sites is 1. The summed E-state index contributed by atoms with van der Waals surface area (Å²) in [6, 6.07) is 8.84. The first-order chi connectivity index (χ1) is 8.76. The Hall–Kier alpha value is -1.02. The predicted octanol–water partition coefficient (Wildman–Crippen LogP) is 3.72. The van der Waals surface area contributed by atoms with Gasteiger partial charge in [-0.3, -0.25) is 0 Å². The lowest BCUT2D eigenvalue weighted by Crippen LogP contribution is -2.23. The molecule has 0 bridgehead atoms. The van der Waals surface area contributed by atoms with Crippen molar-refractivity contribution in [2.24, 2.45) is 11.7 Å². The van der Waals surface area contributed by atoms with E-state index in [9.17, 15) is 0 Å². The maximum Gasteiger partial charge on any atom is 0.0414 e. The van der Waals surface area contributed by atoms with Gasteiger partial charge < -0.3 is 10.6 Å². The largest absolute Gasteiger partial charge is 0.371 e. The molecule has 2 atom stereocenters. The first kappa shape index (κ1) is 13.4. The zero-order valence-electron chi connectivity index (χ0n) is 11.7. The second kappa shape index (κ2) is 6.24. The number of benzene rings is 1. The van der Waals surface area contributed by atoms with Crippen LogP contribution in [0, 0.1) is 5.92 Å². The molecule has 1 heterocycles. The van der Waals surface area contributed by atoms with E-state index in [4.69, 9.17) is 5.73 Å². The summed E-state index contributed by atoms with van der Waals surface area (Å²) in [5, 5.41) is 0. The number of nitrogens with two attached hydrogens (primary N) is 1. The molecular formula is C16H26N2. The molecule has 0 aliphatic carbocycles. The van der Waals surface area contributed by atoms with Crippen molar-refractivity contribution in [1.29, 1.82) is 0 Å². The molecule has 18 heavy (non-hydrogen) atoms. The molecule has 1 aliphatic rings. The van der Waals surface area contributed by atoms with E-state index in [0.29, 0.717) is 0 Å². The average Bonchev–Trinajstić information content (AvgIpc) is 2.87. The molecule has 2 nitrogen and oxygen atoms in total. The first-order valence-corrected chi connectivity index (χ1v) is 7.35. The van der Waals surface area contributed by atoms with Crippen molar-refractivity contribution in [2.45, 2.75) is 45.6 Å². The zero-order chi connectivity index (χ0) is 13.0. The van der Waals surface area contributed by atoms with E-state index in [0.717, 1.165) is 12.3 Å². The fraction of sp³-hybridized carbons (Fsp3) is 0.625. The molecule has 1 fully saturated rings. The number of rotatable bonds is 5. The van der Waals surface area contributed by atoms with Crippen LogP contribution in [0.5, 0.6) is 0 Å². The van der Waals surface area contributed by atoms with Gasteiger partial charge in [0.25, 0.3) is 0 Å². The van der Waals surface area contributed by atoms with E-state index in [-0.39, 0.29) is 6.04 Å². The lowest BCUT2D eigenvalue weighted by molar-refractivity contribution is 0.529. The van der Waals surface area contributed by atoms with Crippen molar-refractivity contribution in [3.8, 4) is 0 Å². The van der Waals surface area contributed by atoms with Gasteiger partial charge in [-0.05, 0) is 36.8 Å². The molecule has 0 spiro atoms. The van der Waals surface area contributed by atoms with Crippen molar-refractivity contribution in [3.05, 3.63) is 29.8 Å². The van der Waals surface area contributed by atoms with Gasteiger partial charge in [0.15, 0.2) is 0 Å². The lowest BCUT2D eigenvalue weighted by Gasteiger charge is -2.24. The summed E-state index contributed by atoms with van der Waals surface area (Å²) in [4.78, 5) is 2.53. The van der Waals surface area contributed by atoms with Gasteiger partial charge in [-0.25, -0.2) is 0 Å². The van der Waals surface area contributed by atoms with Crippen LogP contribution in [0.25, 0.3) is 0 Å². The summed E-state index contributed by atoms with van der Waals surface area (Å²) >= 11 is 0. The number of anilines is 1. The van der Waals surface area contributed by atoms with Gasteiger partial charge in [-0.15, -0.1) is 0 Å². The van der Waals surface area contributed by atoms with Crippen molar-refractivity contribution < 1.29 is 0 Å². The Balaban J connectivity index is 2.14. The second-order valence-corrected chi connectivity index (χ2v) is 5.46. The molecular weight excluding hydrogens is 220 g/mol. The molecule has 0 saturated carbocycles. The van der Waals surface area contributed by atoms with E-state index < -0.39 is 0 Å². The summed E-state index contributed by atoms with van der Waals surface area (Å²) < 4.78 is 0. The monoisotopic (exact) mass is 246 g/mol. The van der Waals surface area contributed by atoms with E-state index in [2.05, 4.69) is 43.0 Å².